The van der Waals surface area contributed by atoms with Crippen LogP contribution in [0.2, 0.25) is 0 Å². The summed E-state index contributed by atoms with van der Waals surface area (Å²) in [7, 11) is 1.75. The van der Waals surface area contributed by atoms with Gasteiger partial charge < -0.3 is 10.1 Å². The Kier molecular flexibility index (Phi) is 6.97. The third-order valence-electron chi connectivity index (χ3n) is 3.69. The number of hydrogen-bond donors (Lipinski definition) is 1. The molecule has 0 saturated heterocycles. The lowest BCUT2D eigenvalue weighted by Crippen LogP contribution is -2.43. The van der Waals surface area contributed by atoms with Crippen LogP contribution in [0.1, 0.15) is 55.6 Å². The van der Waals surface area contributed by atoms with Crippen molar-refractivity contribution < 1.29 is 4.74 Å². The van der Waals surface area contributed by atoms with Crippen molar-refractivity contribution in [1.82, 2.24) is 10.3 Å². The van der Waals surface area contributed by atoms with E-state index in [4.69, 9.17) is 9.72 Å². The van der Waals surface area contributed by atoms with E-state index in [0.29, 0.717) is 0 Å². The number of hydrogen-bond acceptors (Lipinski definition) is 4. The van der Waals surface area contributed by atoms with E-state index in [9.17, 15) is 0 Å². The summed E-state index contributed by atoms with van der Waals surface area (Å²) in [6.07, 6.45) is 4.38. The van der Waals surface area contributed by atoms with E-state index < -0.39 is 0 Å². The molecule has 1 aromatic rings. The second kappa shape index (κ2) is 7.98. The first kappa shape index (κ1) is 16.6. The van der Waals surface area contributed by atoms with Gasteiger partial charge in [0.2, 0.25) is 0 Å². The van der Waals surface area contributed by atoms with Crippen LogP contribution in [0, 0.1) is 6.92 Å². The number of nitrogens with zero attached hydrogens (tertiary/aromatic N) is 1. The van der Waals surface area contributed by atoms with Crippen molar-refractivity contribution >= 4 is 11.3 Å². The van der Waals surface area contributed by atoms with Gasteiger partial charge in [0.05, 0.1) is 17.8 Å². The molecule has 4 heteroatoms. The predicted molar refractivity (Wildman–Crippen MR) is 83.0 cm³/mol. The first-order valence-corrected chi connectivity index (χ1v) is 8.15. The number of aryl methyl sites for hydroxylation is 2. The minimum absolute atomic E-state index is 0.0239. The van der Waals surface area contributed by atoms with Crippen LogP contribution in [0.25, 0.3) is 0 Å². The molecule has 0 aliphatic heterocycles. The molecule has 3 nitrogen and oxygen atoms in total. The van der Waals surface area contributed by atoms with Crippen LogP contribution in [-0.4, -0.2) is 25.2 Å². The Morgan fingerprint density at radius 1 is 1.32 bits per heavy atom. The van der Waals surface area contributed by atoms with Gasteiger partial charge in [-0.25, -0.2) is 4.98 Å². The molecular weight excluding hydrogens is 256 g/mol. The van der Waals surface area contributed by atoms with E-state index in [1.165, 1.54) is 15.6 Å². The fourth-order valence-electron chi connectivity index (χ4n) is 2.50. The Hall–Kier alpha value is -0.450. The molecular formula is C15H28N2OS. The molecule has 1 rings (SSSR count). The van der Waals surface area contributed by atoms with Crippen LogP contribution in [0.15, 0.2) is 0 Å². The Morgan fingerprint density at radius 3 is 2.53 bits per heavy atom. The van der Waals surface area contributed by atoms with Gasteiger partial charge >= 0.3 is 0 Å². The molecule has 1 atom stereocenters. The van der Waals surface area contributed by atoms with Gasteiger partial charge in [-0.05, 0) is 26.2 Å². The fraction of sp³-hybridized carbons (Fsp3) is 0.800. The van der Waals surface area contributed by atoms with E-state index in [-0.39, 0.29) is 5.54 Å². The lowest BCUT2D eigenvalue weighted by Gasteiger charge is -2.32. The van der Waals surface area contributed by atoms with E-state index in [1.54, 1.807) is 7.11 Å². The molecule has 0 aliphatic rings. The SMILES string of the molecule is CCCC(CC)(NCCOC)c1nc(CC)c(C)s1. The molecule has 0 aliphatic carbocycles. The van der Waals surface area contributed by atoms with Crippen LogP contribution in [0.3, 0.4) is 0 Å². The van der Waals surface area contributed by atoms with E-state index in [2.05, 4.69) is 33.0 Å². The van der Waals surface area contributed by atoms with Gasteiger partial charge in [0.15, 0.2) is 0 Å². The lowest BCUT2D eigenvalue weighted by molar-refractivity contribution is 0.178. The molecule has 1 unspecified atom stereocenters. The quantitative estimate of drug-likeness (QED) is 0.703. The topological polar surface area (TPSA) is 34.1 Å². The standard InChI is InChI=1S/C15H28N2OS/c1-6-9-15(8-3,16-10-11-18-5)14-17-13(7-2)12(4)19-14/h16H,6-11H2,1-5H3. The Bertz CT molecular complexity index is 378. The Balaban J connectivity index is 2.98. The van der Waals surface area contributed by atoms with E-state index in [0.717, 1.165) is 38.8 Å². The van der Waals surface area contributed by atoms with Crippen LogP contribution >= 0.6 is 11.3 Å². The van der Waals surface area contributed by atoms with Gasteiger partial charge in [-0.2, -0.15) is 0 Å². The molecule has 0 fully saturated rings. The van der Waals surface area contributed by atoms with Gasteiger partial charge in [-0.15, -0.1) is 11.3 Å². The first-order chi connectivity index (χ1) is 9.13. The highest BCUT2D eigenvalue weighted by Crippen LogP contribution is 2.34. The van der Waals surface area contributed by atoms with Gasteiger partial charge in [0.25, 0.3) is 0 Å². The summed E-state index contributed by atoms with van der Waals surface area (Å²) in [6, 6.07) is 0. The zero-order chi connectivity index (χ0) is 14.3. The van der Waals surface area contributed by atoms with Gasteiger partial charge in [-0.1, -0.05) is 27.2 Å². The minimum Gasteiger partial charge on any atom is -0.383 e. The largest absolute Gasteiger partial charge is 0.383 e. The molecule has 1 N–H and O–H groups in total. The predicted octanol–water partition coefficient (Wildman–Crippen LogP) is 3.66. The maximum atomic E-state index is 5.17. The average molecular weight is 284 g/mol. The van der Waals surface area contributed by atoms with Gasteiger partial charge in [0, 0.05) is 18.5 Å². The zero-order valence-corrected chi connectivity index (χ0v) is 13.8. The number of rotatable bonds is 9. The number of aromatic nitrogens is 1. The molecule has 0 aromatic carbocycles. The summed E-state index contributed by atoms with van der Waals surface area (Å²) < 4.78 is 5.17. The van der Waals surface area contributed by atoms with Gasteiger partial charge in [0.1, 0.15) is 5.01 Å². The van der Waals surface area contributed by atoms with Crippen LogP contribution in [0.5, 0.6) is 0 Å². The Morgan fingerprint density at radius 2 is 2.05 bits per heavy atom. The number of thiazole rings is 1. The normalized spacial score (nSPS) is 14.6. The lowest BCUT2D eigenvalue weighted by atomic mass is 9.91. The van der Waals surface area contributed by atoms with Crippen molar-refractivity contribution in [2.75, 3.05) is 20.3 Å². The van der Waals surface area contributed by atoms with Crippen molar-refractivity contribution in [2.45, 2.75) is 58.9 Å². The summed E-state index contributed by atoms with van der Waals surface area (Å²) in [5.74, 6) is 0. The van der Waals surface area contributed by atoms with Crippen molar-refractivity contribution in [1.29, 1.82) is 0 Å². The number of methoxy groups -OCH3 is 1. The summed E-state index contributed by atoms with van der Waals surface area (Å²) in [4.78, 5) is 6.25. The third kappa shape index (κ3) is 4.01. The first-order valence-electron chi connectivity index (χ1n) is 7.34. The van der Waals surface area contributed by atoms with Crippen molar-refractivity contribution in [3.63, 3.8) is 0 Å². The molecule has 0 bridgehead atoms. The molecule has 1 aromatic heterocycles. The molecule has 0 radical (unpaired) electrons. The highest BCUT2D eigenvalue weighted by molar-refractivity contribution is 7.11. The van der Waals surface area contributed by atoms with E-state index >= 15 is 0 Å². The van der Waals surface area contributed by atoms with Gasteiger partial charge in [-0.3, -0.25) is 0 Å². The molecule has 1 heterocycles. The highest BCUT2D eigenvalue weighted by atomic mass is 32.1. The van der Waals surface area contributed by atoms with Crippen LogP contribution < -0.4 is 5.32 Å². The van der Waals surface area contributed by atoms with Crippen LogP contribution in [-0.2, 0) is 16.7 Å². The monoisotopic (exact) mass is 284 g/mol. The number of ether oxygens (including phenoxy) is 1. The van der Waals surface area contributed by atoms with Crippen LogP contribution in [0.4, 0.5) is 0 Å². The molecule has 19 heavy (non-hydrogen) atoms. The highest BCUT2D eigenvalue weighted by Gasteiger charge is 2.32. The van der Waals surface area contributed by atoms with E-state index in [1.807, 2.05) is 11.3 Å². The van der Waals surface area contributed by atoms with Crippen molar-refractivity contribution in [2.24, 2.45) is 0 Å². The molecule has 0 saturated carbocycles. The third-order valence-corrected chi connectivity index (χ3v) is 4.90. The second-order valence-corrected chi connectivity index (χ2v) is 6.18. The zero-order valence-electron chi connectivity index (χ0n) is 13.0. The summed E-state index contributed by atoms with van der Waals surface area (Å²) in [5, 5.41) is 4.94. The maximum Gasteiger partial charge on any atom is 0.113 e. The molecule has 0 spiro atoms. The Labute approximate surface area is 121 Å². The summed E-state index contributed by atoms with van der Waals surface area (Å²) >= 11 is 1.85. The molecule has 110 valence electrons. The average Bonchev–Trinajstić information content (AvgIpc) is 2.79. The summed E-state index contributed by atoms with van der Waals surface area (Å²) in [5.41, 5.74) is 1.28. The molecule has 0 amide bonds. The summed E-state index contributed by atoms with van der Waals surface area (Å²) in [6.45, 7) is 10.5. The smallest absolute Gasteiger partial charge is 0.113 e. The maximum absolute atomic E-state index is 5.17. The fourth-order valence-corrected chi connectivity index (χ4v) is 3.77. The van der Waals surface area contributed by atoms with Crippen molar-refractivity contribution in [3.05, 3.63) is 15.6 Å². The van der Waals surface area contributed by atoms with Crippen molar-refractivity contribution in [3.8, 4) is 0 Å². The minimum atomic E-state index is 0.0239. The number of nitrogens with one attached hydrogen (secondary N) is 1. The second-order valence-electron chi connectivity index (χ2n) is 4.98.